The third kappa shape index (κ3) is 1.29. The van der Waals surface area contributed by atoms with Gasteiger partial charge in [0, 0.05) is 6.42 Å². The van der Waals surface area contributed by atoms with Crippen LogP contribution >= 0.6 is 0 Å². The van der Waals surface area contributed by atoms with Crippen molar-refractivity contribution in [2.75, 3.05) is 0 Å². The molecule has 1 heterocycles. The molecular formula is C7H13NO2. The summed E-state index contributed by atoms with van der Waals surface area (Å²) in [6, 6.07) is 0.0949. The molecule has 0 aromatic carbocycles. The molecule has 1 aliphatic rings. The first-order chi connectivity index (χ1) is 4.75. The van der Waals surface area contributed by atoms with Gasteiger partial charge in [0.2, 0.25) is 5.91 Å². The highest BCUT2D eigenvalue weighted by Crippen LogP contribution is 2.19. The van der Waals surface area contributed by atoms with E-state index in [9.17, 15) is 4.79 Å². The average molecular weight is 143 g/mol. The predicted molar refractivity (Wildman–Crippen MR) is 36.6 cm³/mol. The van der Waals surface area contributed by atoms with E-state index in [1.165, 1.54) is 0 Å². The highest BCUT2D eigenvalue weighted by atomic mass is 16.5. The van der Waals surface area contributed by atoms with Crippen LogP contribution in [-0.2, 0) is 4.79 Å². The van der Waals surface area contributed by atoms with E-state index < -0.39 is 0 Å². The zero-order valence-electron chi connectivity index (χ0n) is 6.21. The fourth-order valence-electron chi connectivity index (χ4n) is 1.33. The molecule has 1 rings (SSSR count). The lowest BCUT2D eigenvalue weighted by molar-refractivity contribution is -0.165. The standard InChI is InChI=1S/C7H13NO2/c1-2-3-6-4-5-7(9)8(6)10/h6,10H,2-5H2,1H3. The van der Waals surface area contributed by atoms with Gasteiger partial charge < -0.3 is 0 Å². The fourth-order valence-corrected chi connectivity index (χ4v) is 1.33. The minimum absolute atomic E-state index is 0.0949. The Kier molecular flexibility index (Phi) is 2.27. The lowest BCUT2D eigenvalue weighted by Crippen LogP contribution is -2.28. The van der Waals surface area contributed by atoms with Gasteiger partial charge in [-0.15, -0.1) is 0 Å². The number of carbonyl (C=O) groups is 1. The molecule has 58 valence electrons. The summed E-state index contributed by atoms with van der Waals surface area (Å²) in [5.74, 6) is -0.126. The molecular weight excluding hydrogens is 130 g/mol. The van der Waals surface area contributed by atoms with Gasteiger partial charge in [0.15, 0.2) is 0 Å². The minimum Gasteiger partial charge on any atom is -0.286 e. The van der Waals surface area contributed by atoms with Gasteiger partial charge in [-0.05, 0) is 12.8 Å². The van der Waals surface area contributed by atoms with Crippen LogP contribution in [0.3, 0.4) is 0 Å². The van der Waals surface area contributed by atoms with Crippen molar-refractivity contribution < 1.29 is 10.0 Å². The van der Waals surface area contributed by atoms with Crippen molar-refractivity contribution in [3.05, 3.63) is 0 Å². The molecule has 0 spiro atoms. The van der Waals surface area contributed by atoms with Crippen molar-refractivity contribution in [3.8, 4) is 0 Å². The minimum atomic E-state index is -0.126. The zero-order chi connectivity index (χ0) is 7.56. The van der Waals surface area contributed by atoms with E-state index >= 15 is 0 Å². The van der Waals surface area contributed by atoms with Crippen LogP contribution in [0.5, 0.6) is 0 Å². The van der Waals surface area contributed by atoms with Gasteiger partial charge in [0.05, 0.1) is 6.04 Å². The second-order valence-corrected chi connectivity index (χ2v) is 2.72. The summed E-state index contributed by atoms with van der Waals surface area (Å²) in [6.45, 7) is 2.05. The lowest BCUT2D eigenvalue weighted by atomic mass is 10.1. The van der Waals surface area contributed by atoms with Crippen molar-refractivity contribution in [2.24, 2.45) is 0 Å². The average Bonchev–Trinajstić information content (AvgIpc) is 2.20. The molecule has 1 N–H and O–H groups in total. The van der Waals surface area contributed by atoms with Crippen molar-refractivity contribution in [2.45, 2.75) is 38.6 Å². The molecule has 3 heteroatoms. The van der Waals surface area contributed by atoms with Crippen LogP contribution in [0.4, 0.5) is 0 Å². The molecule has 1 unspecified atom stereocenters. The largest absolute Gasteiger partial charge is 0.286 e. The monoisotopic (exact) mass is 143 g/mol. The van der Waals surface area contributed by atoms with Crippen LogP contribution in [0.2, 0.25) is 0 Å². The number of hydroxylamine groups is 2. The molecule has 0 radical (unpaired) electrons. The number of nitrogens with zero attached hydrogens (tertiary/aromatic N) is 1. The summed E-state index contributed by atoms with van der Waals surface area (Å²) < 4.78 is 0. The summed E-state index contributed by atoms with van der Waals surface area (Å²) in [5.41, 5.74) is 0. The highest BCUT2D eigenvalue weighted by molar-refractivity contribution is 5.77. The van der Waals surface area contributed by atoms with Crippen molar-refractivity contribution in [1.29, 1.82) is 0 Å². The molecule has 10 heavy (non-hydrogen) atoms. The van der Waals surface area contributed by atoms with Gasteiger partial charge in [0.1, 0.15) is 0 Å². The zero-order valence-corrected chi connectivity index (χ0v) is 6.21. The van der Waals surface area contributed by atoms with Gasteiger partial charge >= 0.3 is 0 Å². The van der Waals surface area contributed by atoms with Crippen LogP contribution in [0, 0.1) is 0 Å². The number of hydrogen-bond donors (Lipinski definition) is 1. The third-order valence-corrected chi connectivity index (χ3v) is 1.91. The SMILES string of the molecule is CCCC1CCC(=O)N1O. The van der Waals surface area contributed by atoms with Crippen molar-refractivity contribution in [1.82, 2.24) is 5.06 Å². The first-order valence-electron chi connectivity index (χ1n) is 3.76. The number of hydrogen-bond acceptors (Lipinski definition) is 2. The van der Waals surface area contributed by atoms with E-state index in [1.54, 1.807) is 0 Å². The van der Waals surface area contributed by atoms with Crippen LogP contribution in [0.25, 0.3) is 0 Å². The second kappa shape index (κ2) is 3.01. The Balaban J connectivity index is 2.41. The lowest BCUT2D eigenvalue weighted by Gasteiger charge is -2.15. The van der Waals surface area contributed by atoms with E-state index in [2.05, 4.69) is 6.92 Å². The van der Waals surface area contributed by atoms with Gasteiger partial charge in [-0.2, -0.15) is 0 Å². The summed E-state index contributed by atoms with van der Waals surface area (Å²) in [5, 5.41) is 9.96. The Morgan fingerprint density at radius 3 is 2.90 bits per heavy atom. The van der Waals surface area contributed by atoms with Gasteiger partial charge in [-0.3, -0.25) is 10.0 Å². The Bertz CT molecular complexity index is 136. The number of carbonyl (C=O) groups excluding carboxylic acids is 1. The summed E-state index contributed by atoms with van der Waals surface area (Å²) in [7, 11) is 0. The molecule has 1 fully saturated rings. The number of amides is 1. The molecule has 0 saturated carbocycles. The molecule has 0 aliphatic carbocycles. The van der Waals surface area contributed by atoms with Crippen LogP contribution < -0.4 is 0 Å². The van der Waals surface area contributed by atoms with Crippen molar-refractivity contribution in [3.63, 3.8) is 0 Å². The normalized spacial score (nSPS) is 26.0. The second-order valence-electron chi connectivity index (χ2n) is 2.72. The summed E-state index contributed by atoms with van der Waals surface area (Å²) in [4.78, 5) is 10.7. The van der Waals surface area contributed by atoms with E-state index in [0.29, 0.717) is 6.42 Å². The van der Waals surface area contributed by atoms with E-state index in [-0.39, 0.29) is 11.9 Å². The molecule has 1 amide bonds. The molecule has 1 saturated heterocycles. The molecule has 1 atom stereocenters. The van der Waals surface area contributed by atoms with Crippen LogP contribution in [0.1, 0.15) is 32.6 Å². The highest BCUT2D eigenvalue weighted by Gasteiger charge is 2.28. The van der Waals surface area contributed by atoms with Gasteiger partial charge in [-0.25, -0.2) is 5.06 Å². The molecule has 0 aromatic heterocycles. The fraction of sp³-hybridized carbons (Fsp3) is 0.857. The topological polar surface area (TPSA) is 40.5 Å². The Morgan fingerprint density at radius 1 is 1.80 bits per heavy atom. The van der Waals surface area contributed by atoms with Gasteiger partial charge in [0.25, 0.3) is 0 Å². The number of rotatable bonds is 2. The first-order valence-corrected chi connectivity index (χ1v) is 3.76. The van der Waals surface area contributed by atoms with E-state index in [0.717, 1.165) is 24.3 Å². The van der Waals surface area contributed by atoms with Crippen LogP contribution in [0.15, 0.2) is 0 Å². The molecule has 0 bridgehead atoms. The maximum atomic E-state index is 10.7. The smallest absolute Gasteiger partial charge is 0.246 e. The molecule has 3 nitrogen and oxygen atoms in total. The maximum Gasteiger partial charge on any atom is 0.246 e. The van der Waals surface area contributed by atoms with Crippen LogP contribution in [-0.4, -0.2) is 22.2 Å². The third-order valence-electron chi connectivity index (χ3n) is 1.91. The van der Waals surface area contributed by atoms with Crippen molar-refractivity contribution >= 4 is 5.91 Å². The quantitative estimate of drug-likeness (QED) is 0.589. The molecule has 0 aromatic rings. The maximum absolute atomic E-state index is 10.7. The van der Waals surface area contributed by atoms with E-state index in [1.807, 2.05) is 0 Å². The predicted octanol–water partition coefficient (Wildman–Crippen LogP) is 1.17. The van der Waals surface area contributed by atoms with E-state index in [4.69, 9.17) is 5.21 Å². The Morgan fingerprint density at radius 2 is 2.50 bits per heavy atom. The molecule has 1 aliphatic heterocycles. The Labute approximate surface area is 60.6 Å². The summed E-state index contributed by atoms with van der Waals surface area (Å²) >= 11 is 0. The van der Waals surface area contributed by atoms with Gasteiger partial charge in [-0.1, -0.05) is 13.3 Å². The summed E-state index contributed by atoms with van der Waals surface area (Å²) in [6.07, 6.45) is 3.28. The first kappa shape index (κ1) is 7.54. The Hall–Kier alpha value is -0.570.